The molecule has 0 bridgehead atoms. The molecule has 288 valence electrons. The molecule has 10 nitrogen and oxygen atoms in total. The Morgan fingerprint density at radius 3 is 1.67 bits per heavy atom. The van der Waals surface area contributed by atoms with Crippen LogP contribution in [0.15, 0.2) is 18.2 Å². The number of fused-ring (bicyclic) bond motifs is 1. The molecule has 1 aromatic heterocycles. The number of nitrogens with one attached hydrogen (secondary N) is 2. The van der Waals surface area contributed by atoms with E-state index < -0.39 is 5.60 Å². The van der Waals surface area contributed by atoms with Crippen LogP contribution in [0.4, 0.5) is 5.95 Å². The van der Waals surface area contributed by atoms with Gasteiger partial charge in [0.1, 0.15) is 0 Å². The summed E-state index contributed by atoms with van der Waals surface area (Å²) in [5.41, 5.74) is 14.7. The fourth-order valence-electron chi connectivity index (χ4n) is 5.34. The normalized spacial score (nSPS) is 13.5. The van der Waals surface area contributed by atoms with Gasteiger partial charge in [-0.15, -0.1) is 18.4 Å². The second-order valence-corrected chi connectivity index (χ2v) is 11.6. The molecule has 5 rings (SSSR count). The average molecular weight is 735 g/mol. The van der Waals surface area contributed by atoms with E-state index in [0.29, 0.717) is 30.2 Å². The van der Waals surface area contributed by atoms with Crippen LogP contribution in [0.25, 0.3) is 21.5 Å². The lowest BCUT2D eigenvalue weighted by atomic mass is 9.88. The number of aliphatic hydroxyl groups is 1. The number of terminal acetylenes is 2. The van der Waals surface area contributed by atoms with Crippen LogP contribution in [-0.2, 0) is 10.4 Å². The van der Waals surface area contributed by atoms with Crippen molar-refractivity contribution in [3.63, 3.8) is 0 Å². The van der Waals surface area contributed by atoms with Gasteiger partial charge in [0.2, 0.25) is 11.9 Å². The first-order valence-electron chi connectivity index (χ1n) is 16.5. The zero-order chi connectivity index (χ0) is 39.7. The number of amides is 1. The molecule has 3 fully saturated rings. The van der Waals surface area contributed by atoms with E-state index in [9.17, 15) is 9.90 Å². The van der Waals surface area contributed by atoms with Crippen LogP contribution >= 0.6 is 0 Å². The zero-order valence-electron chi connectivity index (χ0n) is 29.7. The van der Waals surface area contributed by atoms with Crippen LogP contribution in [0.5, 0.6) is 0 Å². The van der Waals surface area contributed by atoms with Crippen molar-refractivity contribution in [3.8, 4) is 131 Å². The lowest BCUT2D eigenvalue weighted by Crippen LogP contribution is -2.24. The van der Waals surface area contributed by atoms with Crippen LogP contribution in [0.1, 0.15) is 95.4 Å². The standard InChI is InChI=1S/C22H29N3O2.C22H2.HN3.O2.13H2/c1-3-22(27,4-2)14-8-9-17-18(12-14)25(15-6-5-7-15)20(23-17)24-19(26)16-13-21(16)10-11-21;1-3-5-7-9-11-13-15-17-19-21-22-20-18-16-14-12-10-8-6-4-2;1-3-2;1-2;;;;;;;;;;;;;/h8-9,12,15-16,27H,3-7,10-11,13H2,1-2H3,(H,23,24,26);1-2H;1H;;13*1H. The molecule has 1 unspecified atom stereocenters. The third kappa shape index (κ3) is 12.8. The molecule has 1 spiro atoms. The molecular weight excluding hydrogens is 677 g/mol. The van der Waals surface area contributed by atoms with Crippen LogP contribution in [0.2, 0.25) is 0 Å². The van der Waals surface area contributed by atoms with Crippen molar-refractivity contribution in [3.05, 3.63) is 44.1 Å². The van der Waals surface area contributed by atoms with Gasteiger partial charge in [-0.05, 0) is 180 Å². The monoisotopic (exact) mass is 734 g/mol. The maximum Gasteiger partial charge on any atom is 0.230 e. The summed E-state index contributed by atoms with van der Waals surface area (Å²) in [7, 11) is 0. The van der Waals surface area contributed by atoms with Gasteiger partial charge in [-0.3, -0.25) is 10.1 Å². The summed E-state index contributed by atoms with van der Waals surface area (Å²) in [6.07, 6.45) is 18.1. The number of carbonyl (C=O) groups is 1. The molecular formula is C44H58N6O4. The molecule has 1 atom stereocenters. The summed E-state index contributed by atoms with van der Waals surface area (Å²) in [5, 5.41) is 14.1. The van der Waals surface area contributed by atoms with Gasteiger partial charge in [0.25, 0.3) is 0 Å². The van der Waals surface area contributed by atoms with Crippen molar-refractivity contribution in [1.82, 2.24) is 9.55 Å². The highest BCUT2D eigenvalue weighted by Gasteiger charge is 2.65. The average Bonchev–Trinajstić information content (AvgIpc) is 4.08. The molecule has 54 heavy (non-hydrogen) atoms. The number of nitrogens with zero attached hydrogens (tertiary/aromatic N) is 4. The molecule has 3 aliphatic rings. The zero-order valence-corrected chi connectivity index (χ0v) is 29.7. The topological polar surface area (TPSA) is 162 Å². The van der Waals surface area contributed by atoms with Crippen LogP contribution in [0, 0.1) is 158 Å². The van der Waals surface area contributed by atoms with Crippen molar-refractivity contribution in [1.29, 1.82) is 5.53 Å². The van der Waals surface area contributed by atoms with E-state index in [-0.39, 0.29) is 30.4 Å². The minimum atomic E-state index is -0.807. The lowest BCUT2D eigenvalue weighted by Gasteiger charge is -2.30. The third-order valence-electron chi connectivity index (χ3n) is 8.68. The predicted molar refractivity (Wildman–Crippen MR) is 237 cm³/mol. The van der Waals surface area contributed by atoms with E-state index in [1.165, 1.54) is 19.3 Å². The van der Waals surface area contributed by atoms with Crippen molar-refractivity contribution in [2.75, 3.05) is 5.32 Å². The molecule has 0 aliphatic heterocycles. The fraction of sp³-hybridized carbons (Fsp3) is 0.318. The highest BCUT2D eigenvalue weighted by atomic mass is 16.7. The Bertz CT molecular complexity index is 2400. The number of imidazole rings is 1. The highest BCUT2D eigenvalue weighted by molar-refractivity contribution is 5.96. The number of hydrogen-bond acceptors (Lipinski definition) is 6. The molecule has 1 aromatic carbocycles. The molecule has 10 heteroatoms. The van der Waals surface area contributed by atoms with Crippen LogP contribution in [0.3, 0.4) is 0 Å². The van der Waals surface area contributed by atoms with Gasteiger partial charge in [-0.1, -0.05) is 19.9 Å². The van der Waals surface area contributed by atoms with E-state index in [4.69, 9.17) is 38.8 Å². The SMILES string of the molecule is C#CC#CC#CC#CC#CC#CC#CC#CC#CC#CC#C.CCC(O)(CC)c1ccc2nc(NC(=O)C3CC34CC4)n(C3CCC3)c2c1.O=O.[HH].[HH].[HH].[HH].[HH].[HH].[HH].[HH].[HH].[HH].[HH].[HH].[HH].[N-]=[N+]=N. The summed E-state index contributed by atoms with van der Waals surface area (Å²) < 4.78 is 2.22. The van der Waals surface area contributed by atoms with Crippen LogP contribution < -0.4 is 5.32 Å². The van der Waals surface area contributed by atoms with Crippen molar-refractivity contribution in [2.24, 2.45) is 11.3 Å². The summed E-state index contributed by atoms with van der Waals surface area (Å²) in [5.74, 6) is 49.2. The summed E-state index contributed by atoms with van der Waals surface area (Å²) in [4.78, 5) is 33.2. The van der Waals surface area contributed by atoms with Crippen molar-refractivity contribution >= 4 is 22.9 Å². The second kappa shape index (κ2) is 22.8. The minimum Gasteiger partial charge on any atom is -0.385 e. The van der Waals surface area contributed by atoms with Crippen LogP contribution in [-0.4, -0.2) is 20.6 Å². The molecule has 1 heterocycles. The maximum atomic E-state index is 12.7. The quantitative estimate of drug-likeness (QED) is 0.117. The lowest BCUT2D eigenvalue weighted by molar-refractivity contribution is -0.117. The Morgan fingerprint density at radius 1 is 0.907 bits per heavy atom. The maximum absolute atomic E-state index is 12.7. The molecule has 2 aromatic rings. The van der Waals surface area contributed by atoms with Gasteiger partial charge in [0.05, 0.1) is 16.6 Å². The van der Waals surface area contributed by atoms with Crippen molar-refractivity contribution in [2.45, 2.75) is 76.9 Å². The van der Waals surface area contributed by atoms with Gasteiger partial charge in [0.15, 0.2) is 0 Å². The van der Waals surface area contributed by atoms with E-state index in [1.807, 2.05) is 26.0 Å². The Balaban J connectivity index is -0.0000000709. The van der Waals surface area contributed by atoms with Gasteiger partial charge in [-0.2, -0.15) is 0 Å². The van der Waals surface area contributed by atoms with Gasteiger partial charge < -0.3 is 9.67 Å². The summed E-state index contributed by atoms with van der Waals surface area (Å²) in [6, 6.07) is 6.46. The predicted octanol–water partition coefficient (Wildman–Crippen LogP) is 8.93. The highest BCUT2D eigenvalue weighted by Crippen LogP contribution is 2.70. The fourth-order valence-corrected chi connectivity index (χ4v) is 5.34. The molecule has 3 aliphatic carbocycles. The Labute approximate surface area is 335 Å². The van der Waals surface area contributed by atoms with E-state index in [0.717, 1.165) is 35.9 Å². The number of rotatable bonds is 6. The summed E-state index contributed by atoms with van der Waals surface area (Å²) in [6.45, 7) is 4.04. The van der Waals surface area contributed by atoms with E-state index >= 15 is 0 Å². The van der Waals surface area contributed by atoms with E-state index in [1.54, 1.807) is 4.91 Å². The smallest absolute Gasteiger partial charge is 0.230 e. The minimum absolute atomic E-state index is 0. The first-order chi connectivity index (χ1) is 26.3. The largest absolute Gasteiger partial charge is 0.385 e. The molecule has 1 amide bonds. The van der Waals surface area contributed by atoms with Gasteiger partial charge in [-0.25, -0.2) is 4.98 Å². The number of anilines is 1. The van der Waals surface area contributed by atoms with Gasteiger partial charge in [0, 0.05) is 64.1 Å². The molecule has 3 saturated carbocycles. The van der Waals surface area contributed by atoms with E-state index in [2.05, 4.69) is 134 Å². The van der Waals surface area contributed by atoms with Gasteiger partial charge >= 0.3 is 0 Å². The number of benzene rings is 1. The third-order valence-corrected chi connectivity index (χ3v) is 8.68. The Kier molecular flexibility index (Phi) is 17.9. The molecule has 0 radical (unpaired) electrons. The summed E-state index contributed by atoms with van der Waals surface area (Å²) >= 11 is 0. The number of carbonyl (C=O) groups excluding carboxylic acids is 1. The van der Waals surface area contributed by atoms with Crippen molar-refractivity contribution < 1.29 is 28.4 Å². The second-order valence-electron chi connectivity index (χ2n) is 11.6. The number of aromatic nitrogens is 2. The molecule has 0 saturated heterocycles. The molecule has 3 N–H and O–H groups in total. The Hall–Kier alpha value is -7.81. The Morgan fingerprint density at radius 2 is 1.33 bits per heavy atom. The first-order valence-corrected chi connectivity index (χ1v) is 16.5. The first kappa shape index (κ1) is 42.4. The number of hydrogen-bond donors (Lipinski definition) is 3.